The Hall–Kier alpha value is -2.45. The third kappa shape index (κ3) is 4.45. The van der Waals surface area contributed by atoms with Gasteiger partial charge in [0.25, 0.3) is 5.91 Å². The summed E-state index contributed by atoms with van der Waals surface area (Å²) in [5.74, 6) is 0.523. The van der Waals surface area contributed by atoms with Crippen molar-refractivity contribution in [1.29, 1.82) is 0 Å². The highest BCUT2D eigenvalue weighted by Gasteiger charge is 2.35. The van der Waals surface area contributed by atoms with Crippen molar-refractivity contribution in [1.82, 2.24) is 20.3 Å². The predicted octanol–water partition coefficient (Wildman–Crippen LogP) is 1.60. The normalized spacial score (nSPS) is 15.7. The largest absolute Gasteiger partial charge is 0.491 e. The molecule has 0 atom stereocenters. The van der Waals surface area contributed by atoms with E-state index < -0.39 is 0 Å². The Balaban J connectivity index is 1.71. The summed E-state index contributed by atoms with van der Waals surface area (Å²) in [5, 5.41) is 11.9. The molecule has 8 nitrogen and oxygen atoms in total. The van der Waals surface area contributed by atoms with Crippen molar-refractivity contribution in [3.8, 4) is 11.4 Å². The van der Waals surface area contributed by atoms with Gasteiger partial charge >= 0.3 is 0 Å². The Kier molecular flexibility index (Phi) is 6.08. The van der Waals surface area contributed by atoms with E-state index in [4.69, 9.17) is 15.2 Å². The summed E-state index contributed by atoms with van der Waals surface area (Å²) in [6.45, 7) is 3.24. The molecule has 1 aliphatic carbocycles. The quantitative estimate of drug-likeness (QED) is 0.681. The van der Waals surface area contributed by atoms with E-state index in [1.165, 1.54) is 4.80 Å². The molecule has 1 fully saturated rings. The second kappa shape index (κ2) is 8.49. The molecule has 0 unspecified atom stereocenters. The molecule has 8 heteroatoms. The maximum Gasteiger partial charge on any atom is 0.274 e. The lowest BCUT2D eigenvalue weighted by Gasteiger charge is -2.28. The number of nitrogens with zero attached hydrogens (tertiary/aromatic N) is 3. The van der Waals surface area contributed by atoms with Crippen LogP contribution in [0.5, 0.6) is 5.75 Å². The van der Waals surface area contributed by atoms with E-state index in [1.54, 1.807) is 14.0 Å². The fraction of sp³-hybridized carbons (Fsp3) is 0.526. The van der Waals surface area contributed by atoms with Gasteiger partial charge in [-0.2, -0.15) is 9.90 Å². The molecule has 3 rings (SSSR count). The first-order valence-electron chi connectivity index (χ1n) is 9.25. The van der Waals surface area contributed by atoms with Crippen molar-refractivity contribution in [2.24, 2.45) is 5.73 Å². The average Bonchev–Trinajstić information content (AvgIpc) is 3.30. The lowest BCUT2D eigenvalue weighted by Crippen LogP contribution is -2.51. The Bertz CT molecular complexity index is 766. The molecule has 0 saturated heterocycles. The Morgan fingerprint density at radius 3 is 2.56 bits per heavy atom. The van der Waals surface area contributed by atoms with E-state index >= 15 is 0 Å². The number of hydrogen-bond donors (Lipinski definition) is 2. The van der Waals surface area contributed by atoms with Gasteiger partial charge in [-0.15, -0.1) is 5.10 Å². The van der Waals surface area contributed by atoms with Gasteiger partial charge in [-0.25, -0.2) is 0 Å². The molecule has 3 N–H and O–H groups in total. The first kappa shape index (κ1) is 19.3. The number of rotatable bonds is 8. The molecule has 1 aromatic carbocycles. The van der Waals surface area contributed by atoms with E-state index in [-0.39, 0.29) is 11.4 Å². The molecule has 1 heterocycles. The molecule has 0 aliphatic heterocycles. The van der Waals surface area contributed by atoms with Crippen LogP contribution in [-0.2, 0) is 4.74 Å². The number of benzene rings is 1. The minimum atomic E-state index is -0.311. The van der Waals surface area contributed by atoms with Crippen LogP contribution in [0.3, 0.4) is 0 Å². The van der Waals surface area contributed by atoms with Crippen LogP contribution in [0.15, 0.2) is 24.3 Å². The smallest absolute Gasteiger partial charge is 0.274 e. The van der Waals surface area contributed by atoms with E-state index in [9.17, 15) is 4.79 Å². The zero-order chi connectivity index (χ0) is 19.3. The van der Waals surface area contributed by atoms with Crippen LogP contribution < -0.4 is 15.8 Å². The monoisotopic (exact) mass is 373 g/mol. The first-order chi connectivity index (χ1) is 13.1. The lowest BCUT2D eigenvalue weighted by molar-refractivity contribution is 0.0897. The van der Waals surface area contributed by atoms with Gasteiger partial charge in [0.1, 0.15) is 12.4 Å². The number of aryl methyl sites for hydroxylation is 1. The molecule has 2 aromatic rings. The second-order valence-electron chi connectivity index (χ2n) is 6.90. The predicted molar refractivity (Wildman–Crippen MR) is 101 cm³/mol. The lowest BCUT2D eigenvalue weighted by atomic mass is 9.97. The number of nitrogens with two attached hydrogens (primary N) is 1. The highest BCUT2D eigenvalue weighted by molar-refractivity contribution is 5.93. The summed E-state index contributed by atoms with van der Waals surface area (Å²) in [5.41, 5.74) is 7.27. The number of ether oxygens (including phenoxy) is 2. The molecule has 1 amide bonds. The Labute approximate surface area is 159 Å². The van der Waals surface area contributed by atoms with Crippen molar-refractivity contribution in [2.75, 3.05) is 26.9 Å². The van der Waals surface area contributed by atoms with E-state index in [2.05, 4.69) is 15.5 Å². The van der Waals surface area contributed by atoms with Crippen LogP contribution >= 0.6 is 0 Å². The minimum absolute atomic E-state index is 0.217. The molecular weight excluding hydrogens is 346 g/mol. The van der Waals surface area contributed by atoms with E-state index in [0.717, 1.165) is 37.1 Å². The van der Waals surface area contributed by atoms with Gasteiger partial charge in [0.2, 0.25) is 0 Å². The van der Waals surface area contributed by atoms with Crippen molar-refractivity contribution in [2.45, 2.75) is 38.1 Å². The van der Waals surface area contributed by atoms with Gasteiger partial charge in [-0.1, -0.05) is 12.8 Å². The zero-order valence-electron chi connectivity index (χ0n) is 15.9. The standard InChI is InChI=1S/C19H27N5O3/c1-14-17(18(25)21-19(13-20)9-3-4-10-19)23-24(22-14)15-5-7-16(8-6-15)27-12-11-26-2/h5-8H,3-4,9-13,20H2,1-2H3,(H,21,25). The highest BCUT2D eigenvalue weighted by Crippen LogP contribution is 2.29. The summed E-state index contributed by atoms with van der Waals surface area (Å²) in [4.78, 5) is 14.2. The van der Waals surface area contributed by atoms with E-state index in [0.29, 0.717) is 31.1 Å². The van der Waals surface area contributed by atoms with Gasteiger partial charge in [-0.05, 0) is 44.0 Å². The van der Waals surface area contributed by atoms with Crippen LogP contribution in [0.25, 0.3) is 5.69 Å². The summed E-state index contributed by atoms with van der Waals surface area (Å²) in [6.07, 6.45) is 3.99. The van der Waals surface area contributed by atoms with Crippen molar-refractivity contribution in [3.63, 3.8) is 0 Å². The van der Waals surface area contributed by atoms with Gasteiger partial charge in [-0.3, -0.25) is 4.79 Å². The van der Waals surface area contributed by atoms with Crippen LogP contribution in [-0.4, -0.2) is 53.3 Å². The van der Waals surface area contributed by atoms with Gasteiger partial charge in [0, 0.05) is 13.7 Å². The second-order valence-corrected chi connectivity index (χ2v) is 6.90. The van der Waals surface area contributed by atoms with Gasteiger partial charge in [0.05, 0.1) is 23.5 Å². The van der Waals surface area contributed by atoms with Crippen molar-refractivity contribution < 1.29 is 14.3 Å². The number of carbonyl (C=O) groups is 1. The number of methoxy groups -OCH3 is 1. The average molecular weight is 373 g/mol. The molecular formula is C19H27N5O3. The molecule has 1 aromatic heterocycles. The SMILES string of the molecule is COCCOc1ccc(-n2nc(C)c(C(=O)NC3(CN)CCCC3)n2)cc1. The zero-order valence-corrected chi connectivity index (χ0v) is 15.9. The summed E-state index contributed by atoms with van der Waals surface area (Å²) >= 11 is 0. The molecule has 1 aliphatic rings. The first-order valence-corrected chi connectivity index (χ1v) is 9.25. The summed E-state index contributed by atoms with van der Waals surface area (Å²) < 4.78 is 10.5. The Morgan fingerprint density at radius 2 is 1.93 bits per heavy atom. The van der Waals surface area contributed by atoms with E-state index in [1.807, 2.05) is 24.3 Å². The number of aromatic nitrogens is 3. The third-order valence-corrected chi connectivity index (χ3v) is 4.95. The van der Waals surface area contributed by atoms with Crippen LogP contribution in [0.4, 0.5) is 0 Å². The van der Waals surface area contributed by atoms with Crippen LogP contribution in [0.1, 0.15) is 41.9 Å². The third-order valence-electron chi connectivity index (χ3n) is 4.95. The molecule has 27 heavy (non-hydrogen) atoms. The maximum atomic E-state index is 12.7. The number of amides is 1. The van der Waals surface area contributed by atoms with Gasteiger partial charge < -0.3 is 20.5 Å². The fourth-order valence-electron chi connectivity index (χ4n) is 3.35. The maximum absolute atomic E-state index is 12.7. The van der Waals surface area contributed by atoms with Crippen molar-refractivity contribution in [3.05, 3.63) is 35.7 Å². The van der Waals surface area contributed by atoms with Crippen LogP contribution in [0.2, 0.25) is 0 Å². The Morgan fingerprint density at radius 1 is 1.22 bits per heavy atom. The fourth-order valence-corrected chi connectivity index (χ4v) is 3.35. The molecule has 146 valence electrons. The van der Waals surface area contributed by atoms with Gasteiger partial charge in [0.15, 0.2) is 5.69 Å². The van der Waals surface area contributed by atoms with Crippen molar-refractivity contribution >= 4 is 5.91 Å². The minimum Gasteiger partial charge on any atom is -0.491 e. The molecule has 0 bridgehead atoms. The summed E-state index contributed by atoms with van der Waals surface area (Å²) in [6, 6.07) is 7.37. The van der Waals surface area contributed by atoms with Crippen LogP contribution in [0, 0.1) is 6.92 Å². The molecule has 0 radical (unpaired) electrons. The topological polar surface area (TPSA) is 104 Å². The molecule has 0 spiro atoms. The number of hydrogen-bond acceptors (Lipinski definition) is 6. The number of nitrogens with one attached hydrogen (secondary N) is 1. The number of carbonyl (C=O) groups excluding carboxylic acids is 1. The molecule has 1 saturated carbocycles. The highest BCUT2D eigenvalue weighted by atomic mass is 16.5. The summed E-state index contributed by atoms with van der Waals surface area (Å²) in [7, 11) is 1.63.